The number of rotatable bonds is 2. The second-order valence-corrected chi connectivity index (χ2v) is 7.37. The molecule has 0 unspecified atom stereocenters. The molecule has 2 aromatic heterocycles. The third-order valence-corrected chi connectivity index (χ3v) is 5.22. The Kier molecular flexibility index (Phi) is 4.63. The number of pyridine rings is 1. The maximum Gasteiger partial charge on any atom is 0.273 e. The van der Waals surface area contributed by atoms with Crippen LogP contribution < -0.4 is 10.9 Å². The van der Waals surface area contributed by atoms with Crippen LogP contribution >= 0.6 is 0 Å². The second kappa shape index (κ2) is 7.11. The first-order chi connectivity index (χ1) is 13.4. The molecule has 28 heavy (non-hydrogen) atoms. The largest absolute Gasteiger partial charge is 0.466 e. The van der Waals surface area contributed by atoms with Crippen LogP contribution in [0.25, 0.3) is 10.9 Å². The van der Waals surface area contributed by atoms with Crippen molar-refractivity contribution in [3.05, 3.63) is 63.7 Å². The Balaban J connectivity index is 1.67. The van der Waals surface area contributed by atoms with Gasteiger partial charge in [-0.05, 0) is 70.2 Å². The highest BCUT2D eigenvalue weighted by Crippen LogP contribution is 2.29. The van der Waals surface area contributed by atoms with Gasteiger partial charge in [-0.25, -0.2) is 0 Å². The lowest BCUT2D eigenvalue weighted by Gasteiger charge is -2.20. The van der Waals surface area contributed by atoms with Gasteiger partial charge in [-0.3, -0.25) is 25.4 Å². The van der Waals surface area contributed by atoms with Gasteiger partial charge < -0.3 is 4.42 Å². The van der Waals surface area contributed by atoms with Gasteiger partial charge in [0.05, 0.1) is 16.6 Å². The van der Waals surface area contributed by atoms with Crippen molar-refractivity contribution in [2.75, 3.05) is 0 Å². The van der Waals surface area contributed by atoms with E-state index in [-0.39, 0.29) is 5.91 Å². The normalized spacial score (nSPS) is 13.2. The molecule has 1 aliphatic carbocycles. The fourth-order valence-corrected chi connectivity index (χ4v) is 3.90. The molecule has 6 nitrogen and oxygen atoms in total. The van der Waals surface area contributed by atoms with E-state index in [0.717, 1.165) is 53.4 Å². The first kappa shape index (κ1) is 18.2. The minimum absolute atomic E-state index is 0.317. The number of hydrazine groups is 1. The van der Waals surface area contributed by atoms with Crippen LogP contribution in [0.4, 0.5) is 0 Å². The number of nitrogens with one attached hydrogen (secondary N) is 2. The van der Waals surface area contributed by atoms with E-state index in [2.05, 4.69) is 10.9 Å². The Bertz CT molecular complexity index is 1100. The van der Waals surface area contributed by atoms with E-state index in [4.69, 9.17) is 9.40 Å². The summed E-state index contributed by atoms with van der Waals surface area (Å²) in [6.45, 7) is 5.49. The molecule has 2 N–H and O–H groups in total. The topological polar surface area (TPSA) is 84.2 Å². The van der Waals surface area contributed by atoms with Crippen LogP contribution in [0.3, 0.4) is 0 Å². The van der Waals surface area contributed by atoms with Crippen molar-refractivity contribution < 1.29 is 14.0 Å². The Labute approximate surface area is 163 Å². The fourth-order valence-electron chi connectivity index (χ4n) is 3.90. The molecule has 1 aromatic carbocycles. The number of benzene rings is 1. The van der Waals surface area contributed by atoms with Gasteiger partial charge in [-0.1, -0.05) is 11.6 Å². The predicted molar refractivity (Wildman–Crippen MR) is 106 cm³/mol. The highest BCUT2D eigenvalue weighted by Gasteiger charge is 2.23. The molecule has 1 aliphatic rings. The smallest absolute Gasteiger partial charge is 0.273 e. The number of amides is 2. The molecule has 0 bridgehead atoms. The average Bonchev–Trinajstić information content (AvgIpc) is 3.02. The summed E-state index contributed by atoms with van der Waals surface area (Å²) < 4.78 is 5.39. The van der Waals surface area contributed by atoms with Gasteiger partial charge in [0.1, 0.15) is 11.5 Å². The maximum atomic E-state index is 13.1. The van der Waals surface area contributed by atoms with Gasteiger partial charge in [0.25, 0.3) is 11.8 Å². The molecule has 2 amide bonds. The lowest BCUT2D eigenvalue weighted by atomic mass is 9.89. The van der Waals surface area contributed by atoms with Crippen LogP contribution in [0.5, 0.6) is 0 Å². The van der Waals surface area contributed by atoms with Crippen molar-refractivity contribution in [2.24, 2.45) is 0 Å². The Hall–Kier alpha value is -3.15. The van der Waals surface area contributed by atoms with Crippen molar-refractivity contribution in [3.8, 4) is 0 Å². The van der Waals surface area contributed by atoms with E-state index in [1.54, 1.807) is 19.9 Å². The molecule has 0 atom stereocenters. The standard InChI is InChI=1S/C22H23N3O3/c1-12-8-9-19-17(10-12)20(15-6-4-5-7-18(15)23-19)22(27)25-24-21(26)16-11-13(2)28-14(16)3/h8-11H,4-7H2,1-3H3,(H,24,26)(H,25,27). The number of carbonyl (C=O) groups is 2. The number of aromatic nitrogens is 1. The van der Waals surface area contributed by atoms with Crippen LogP contribution in [-0.2, 0) is 12.8 Å². The fraction of sp³-hybridized carbons (Fsp3) is 0.318. The Morgan fingerprint density at radius 3 is 2.50 bits per heavy atom. The Morgan fingerprint density at radius 2 is 1.75 bits per heavy atom. The third-order valence-electron chi connectivity index (χ3n) is 5.22. The summed E-state index contributed by atoms with van der Waals surface area (Å²) in [6, 6.07) is 7.59. The highest BCUT2D eigenvalue weighted by atomic mass is 16.3. The molecule has 6 heteroatoms. The number of furan rings is 1. The van der Waals surface area contributed by atoms with Crippen LogP contribution in [0.15, 0.2) is 28.7 Å². The number of hydrogen-bond donors (Lipinski definition) is 2. The van der Waals surface area contributed by atoms with Crippen molar-refractivity contribution in [1.29, 1.82) is 0 Å². The van der Waals surface area contributed by atoms with E-state index in [0.29, 0.717) is 22.6 Å². The molecule has 3 aromatic rings. The van der Waals surface area contributed by atoms with Gasteiger partial charge in [-0.2, -0.15) is 0 Å². The predicted octanol–water partition coefficient (Wildman–Crippen LogP) is 3.71. The lowest BCUT2D eigenvalue weighted by Crippen LogP contribution is -2.42. The highest BCUT2D eigenvalue weighted by molar-refractivity contribution is 6.09. The van der Waals surface area contributed by atoms with Crippen molar-refractivity contribution in [2.45, 2.75) is 46.5 Å². The molecule has 0 radical (unpaired) electrons. The zero-order valence-corrected chi connectivity index (χ0v) is 16.3. The summed E-state index contributed by atoms with van der Waals surface area (Å²) in [5.41, 5.74) is 9.98. The summed E-state index contributed by atoms with van der Waals surface area (Å²) in [5, 5.41) is 0.822. The number of aryl methyl sites for hydroxylation is 4. The molecule has 144 valence electrons. The van der Waals surface area contributed by atoms with Crippen LogP contribution in [-0.4, -0.2) is 16.8 Å². The summed E-state index contributed by atoms with van der Waals surface area (Å²) in [4.78, 5) is 30.3. The lowest BCUT2D eigenvalue weighted by molar-refractivity contribution is 0.0846. The zero-order valence-electron chi connectivity index (χ0n) is 16.3. The second-order valence-electron chi connectivity index (χ2n) is 7.37. The molecule has 0 saturated heterocycles. The zero-order chi connectivity index (χ0) is 19.8. The minimum Gasteiger partial charge on any atom is -0.466 e. The summed E-state index contributed by atoms with van der Waals surface area (Å²) in [5.74, 6) is 0.457. The van der Waals surface area contributed by atoms with E-state index < -0.39 is 5.91 Å². The summed E-state index contributed by atoms with van der Waals surface area (Å²) in [6.07, 6.45) is 3.81. The molecular formula is C22H23N3O3. The molecular weight excluding hydrogens is 354 g/mol. The summed E-state index contributed by atoms with van der Waals surface area (Å²) >= 11 is 0. The van der Waals surface area contributed by atoms with Crippen LogP contribution in [0, 0.1) is 20.8 Å². The van der Waals surface area contributed by atoms with Crippen LogP contribution in [0.1, 0.15) is 61.9 Å². The SMILES string of the molecule is Cc1ccc2nc3c(c(C(=O)NNC(=O)c4cc(C)oc4C)c2c1)CCCC3. The third kappa shape index (κ3) is 3.26. The molecule has 2 heterocycles. The van der Waals surface area contributed by atoms with Crippen molar-refractivity contribution in [3.63, 3.8) is 0 Å². The van der Waals surface area contributed by atoms with Crippen LogP contribution in [0.2, 0.25) is 0 Å². The maximum absolute atomic E-state index is 13.1. The Morgan fingerprint density at radius 1 is 1.00 bits per heavy atom. The first-order valence-corrected chi connectivity index (χ1v) is 9.54. The molecule has 4 rings (SSSR count). The van der Waals surface area contributed by atoms with Crippen molar-refractivity contribution in [1.82, 2.24) is 15.8 Å². The van der Waals surface area contributed by atoms with Gasteiger partial charge in [0.2, 0.25) is 0 Å². The van der Waals surface area contributed by atoms with Gasteiger partial charge in [-0.15, -0.1) is 0 Å². The quantitative estimate of drug-likeness (QED) is 0.667. The molecule has 0 aliphatic heterocycles. The van der Waals surface area contributed by atoms with Gasteiger partial charge in [0, 0.05) is 11.1 Å². The minimum atomic E-state index is -0.397. The van der Waals surface area contributed by atoms with Gasteiger partial charge >= 0.3 is 0 Å². The van der Waals surface area contributed by atoms with E-state index in [1.807, 2.05) is 25.1 Å². The molecule has 0 saturated carbocycles. The number of carbonyl (C=O) groups excluding carboxylic acids is 2. The average molecular weight is 377 g/mol. The van der Waals surface area contributed by atoms with Gasteiger partial charge in [0.15, 0.2) is 0 Å². The first-order valence-electron chi connectivity index (χ1n) is 9.54. The molecule has 0 fully saturated rings. The summed E-state index contributed by atoms with van der Waals surface area (Å²) in [7, 11) is 0. The van der Waals surface area contributed by atoms with E-state index >= 15 is 0 Å². The van der Waals surface area contributed by atoms with E-state index in [1.165, 1.54) is 0 Å². The number of nitrogens with zero attached hydrogens (tertiary/aromatic N) is 1. The monoisotopic (exact) mass is 377 g/mol. The van der Waals surface area contributed by atoms with E-state index in [9.17, 15) is 9.59 Å². The number of fused-ring (bicyclic) bond motifs is 2. The molecule has 0 spiro atoms. The van der Waals surface area contributed by atoms with Crippen molar-refractivity contribution >= 4 is 22.7 Å². The number of hydrogen-bond acceptors (Lipinski definition) is 4.